The normalized spacial score (nSPS) is 11.1. The van der Waals surface area contributed by atoms with Crippen LogP contribution in [0, 0.1) is 5.82 Å². The summed E-state index contributed by atoms with van der Waals surface area (Å²) in [5.41, 5.74) is 5.21. The molecule has 7 heteroatoms. The molecule has 0 fully saturated rings. The number of benzene rings is 2. The van der Waals surface area contributed by atoms with E-state index < -0.39 is 0 Å². The molecule has 1 heterocycles. The van der Waals surface area contributed by atoms with Crippen LogP contribution in [0.3, 0.4) is 0 Å². The summed E-state index contributed by atoms with van der Waals surface area (Å²) in [5, 5.41) is 7.71. The molecule has 3 aromatic rings. The van der Waals surface area contributed by atoms with Gasteiger partial charge in [0.25, 0.3) is 0 Å². The van der Waals surface area contributed by atoms with Crippen LogP contribution in [0.15, 0.2) is 52.9 Å². The lowest BCUT2D eigenvalue weighted by Crippen LogP contribution is -1.91. The molecule has 0 aliphatic carbocycles. The number of rotatable bonds is 4. The minimum atomic E-state index is -0.272. The molecule has 0 saturated carbocycles. The molecule has 0 saturated heterocycles. The van der Waals surface area contributed by atoms with E-state index in [0.717, 1.165) is 16.8 Å². The van der Waals surface area contributed by atoms with Gasteiger partial charge in [-0.25, -0.2) is 9.37 Å². The van der Waals surface area contributed by atoms with Crippen LogP contribution in [-0.2, 0) is 0 Å². The van der Waals surface area contributed by atoms with Crippen molar-refractivity contribution in [3.63, 3.8) is 0 Å². The van der Waals surface area contributed by atoms with Crippen molar-refractivity contribution in [3.8, 4) is 11.3 Å². The fourth-order valence-corrected chi connectivity index (χ4v) is 2.97. The van der Waals surface area contributed by atoms with E-state index in [0.29, 0.717) is 15.2 Å². The Morgan fingerprint density at radius 3 is 2.65 bits per heavy atom. The quantitative estimate of drug-likeness (QED) is 0.475. The number of anilines is 1. The molecule has 1 N–H and O–H groups in total. The van der Waals surface area contributed by atoms with Crippen LogP contribution in [0.2, 0.25) is 10.0 Å². The van der Waals surface area contributed by atoms with Crippen molar-refractivity contribution in [2.45, 2.75) is 0 Å². The number of nitrogens with zero attached hydrogens (tertiary/aromatic N) is 2. The fraction of sp³-hybridized carbons (Fsp3) is 0. The van der Waals surface area contributed by atoms with E-state index in [1.807, 2.05) is 5.38 Å². The zero-order valence-corrected chi connectivity index (χ0v) is 14.0. The number of aromatic nitrogens is 1. The SMILES string of the molecule is Fc1ccc(-c2csc(N/N=C/c3ccc(Cl)cc3Cl)n2)cc1. The van der Waals surface area contributed by atoms with Gasteiger partial charge in [0.05, 0.1) is 16.9 Å². The third kappa shape index (κ3) is 4.07. The molecule has 0 aliphatic heterocycles. The number of hydrazone groups is 1. The van der Waals surface area contributed by atoms with Crippen LogP contribution in [0.25, 0.3) is 11.3 Å². The predicted molar refractivity (Wildman–Crippen MR) is 95.2 cm³/mol. The lowest BCUT2D eigenvalue weighted by molar-refractivity contribution is 0.628. The zero-order chi connectivity index (χ0) is 16.2. The molecular weight excluding hydrogens is 356 g/mol. The van der Waals surface area contributed by atoms with Crippen molar-refractivity contribution in [2.24, 2.45) is 5.10 Å². The maximum absolute atomic E-state index is 12.9. The highest BCUT2D eigenvalue weighted by Crippen LogP contribution is 2.25. The summed E-state index contributed by atoms with van der Waals surface area (Å²) in [6.07, 6.45) is 1.59. The molecule has 0 atom stereocenters. The first-order valence-electron chi connectivity index (χ1n) is 6.57. The Labute approximate surface area is 146 Å². The number of thiazole rings is 1. The summed E-state index contributed by atoms with van der Waals surface area (Å²) in [5.74, 6) is -0.272. The van der Waals surface area contributed by atoms with E-state index in [1.54, 1.807) is 36.5 Å². The second-order valence-corrected chi connectivity index (χ2v) is 6.28. The summed E-state index contributed by atoms with van der Waals surface area (Å²) in [6.45, 7) is 0. The van der Waals surface area contributed by atoms with E-state index in [9.17, 15) is 4.39 Å². The molecule has 3 nitrogen and oxygen atoms in total. The summed E-state index contributed by atoms with van der Waals surface area (Å²) < 4.78 is 12.9. The second kappa shape index (κ2) is 7.08. The molecule has 23 heavy (non-hydrogen) atoms. The molecule has 0 bridgehead atoms. The lowest BCUT2D eigenvalue weighted by atomic mass is 10.2. The average Bonchev–Trinajstić information content (AvgIpc) is 2.99. The Bertz CT molecular complexity index is 847. The van der Waals surface area contributed by atoms with Gasteiger partial charge in [-0.2, -0.15) is 5.10 Å². The first-order chi connectivity index (χ1) is 11.1. The van der Waals surface area contributed by atoms with Gasteiger partial charge in [0, 0.05) is 21.5 Å². The van der Waals surface area contributed by atoms with Crippen molar-refractivity contribution in [2.75, 3.05) is 5.43 Å². The first kappa shape index (κ1) is 15.9. The Morgan fingerprint density at radius 2 is 1.91 bits per heavy atom. The molecule has 116 valence electrons. The summed E-state index contributed by atoms with van der Waals surface area (Å²) in [7, 11) is 0. The minimum Gasteiger partial charge on any atom is -0.253 e. The van der Waals surface area contributed by atoms with Crippen LogP contribution >= 0.6 is 34.5 Å². The molecule has 0 radical (unpaired) electrons. The zero-order valence-electron chi connectivity index (χ0n) is 11.6. The Balaban J connectivity index is 1.69. The largest absolute Gasteiger partial charge is 0.253 e. The van der Waals surface area contributed by atoms with Crippen LogP contribution in [0.5, 0.6) is 0 Å². The Kier molecular flexibility index (Phi) is 4.91. The maximum atomic E-state index is 12.9. The van der Waals surface area contributed by atoms with Gasteiger partial charge in [0.1, 0.15) is 5.82 Å². The second-order valence-electron chi connectivity index (χ2n) is 4.58. The van der Waals surface area contributed by atoms with Crippen LogP contribution in [-0.4, -0.2) is 11.2 Å². The molecule has 3 rings (SSSR count). The van der Waals surface area contributed by atoms with E-state index in [1.165, 1.54) is 23.5 Å². The Morgan fingerprint density at radius 1 is 1.13 bits per heavy atom. The van der Waals surface area contributed by atoms with Crippen LogP contribution in [0.1, 0.15) is 5.56 Å². The topological polar surface area (TPSA) is 37.3 Å². The molecule has 1 aromatic heterocycles. The highest BCUT2D eigenvalue weighted by atomic mass is 35.5. The number of nitrogens with one attached hydrogen (secondary N) is 1. The molecule has 0 unspecified atom stereocenters. The lowest BCUT2D eigenvalue weighted by Gasteiger charge is -1.98. The standard InChI is InChI=1S/C16H10Cl2FN3S/c17-12-4-1-11(14(18)7-12)8-20-22-16-21-15(9-23-16)10-2-5-13(19)6-3-10/h1-9H,(H,21,22)/b20-8+. The Hall–Kier alpha value is -1.95. The smallest absolute Gasteiger partial charge is 0.203 e. The highest BCUT2D eigenvalue weighted by Gasteiger charge is 2.04. The first-order valence-corrected chi connectivity index (χ1v) is 8.21. The van der Waals surface area contributed by atoms with Crippen molar-refractivity contribution < 1.29 is 4.39 Å². The van der Waals surface area contributed by atoms with Gasteiger partial charge in [-0.15, -0.1) is 11.3 Å². The molecule has 2 aromatic carbocycles. The third-order valence-corrected chi connectivity index (χ3v) is 4.28. The van der Waals surface area contributed by atoms with Gasteiger partial charge in [0.15, 0.2) is 0 Å². The summed E-state index contributed by atoms with van der Waals surface area (Å²) >= 11 is 13.3. The average molecular weight is 366 g/mol. The van der Waals surface area contributed by atoms with Crippen LogP contribution < -0.4 is 5.43 Å². The summed E-state index contributed by atoms with van der Waals surface area (Å²) in [6, 6.07) is 11.4. The van der Waals surface area contributed by atoms with Gasteiger partial charge in [-0.1, -0.05) is 29.3 Å². The minimum absolute atomic E-state index is 0.272. The van der Waals surface area contributed by atoms with Crippen molar-refractivity contribution in [1.82, 2.24) is 4.98 Å². The molecular formula is C16H10Cl2FN3S. The maximum Gasteiger partial charge on any atom is 0.203 e. The van der Waals surface area contributed by atoms with Gasteiger partial charge in [-0.05, 0) is 36.4 Å². The summed E-state index contributed by atoms with van der Waals surface area (Å²) in [4.78, 5) is 4.40. The monoisotopic (exact) mass is 365 g/mol. The highest BCUT2D eigenvalue weighted by molar-refractivity contribution is 7.14. The van der Waals surface area contributed by atoms with Crippen molar-refractivity contribution in [1.29, 1.82) is 0 Å². The molecule has 0 spiro atoms. The predicted octanol–water partition coefficient (Wildman–Crippen LogP) is 5.70. The van der Waals surface area contributed by atoms with E-state index in [2.05, 4.69) is 15.5 Å². The third-order valence-electron chi connectivity index (χ3n) is 2.97. The fourth-order valence-electron chi connectivity index (χ4n) is 1.84. The van der Waals surface area contributed by atoms with Gasteiger partial charge < -0.3 is 0 Å². The van der Waals surface area contributed by atoms with Gasteiger partial charge in [-0.3, -0.25) is 5.43 Å². The van der Waals surface area contributed by atoms with E-state index >= 15 is 0 Å². The van der Waals surface area contributed by atoms with E-state index in [-0.39, 0.29) is 5.82 Å². The van der Waals surface area contributed by atoms with Gasteiger partial charge >= 0.3 is 0 Å². The van der Waals surface area contributed by atoms with Crippen LogP contribution in [0.4, 0.5) is 9.52 Å². The molecule has 0 amide bonds. The van der Waals surface area contributed by atoms with E-state index in [4.69, 9.17) is 23.2 Å². The van der Waals surface area contributed by atoms with Crippen molar-refractivity contribution >= 4 is 45.9 Å². The number of halogens is 3. The molecule has 0 aliphatic rings. The van der Waals surface area contributed by atoms with Gasteiger partial charge in [0.2, 0.25) is 5.13 Å². The number of hydrogen-bond acceptors (Lipinski definition) is 4. The van der Waals surface area contributed by atoms with Crippen molar-refractivity contribution in [3.05, 3.63) is 69.3 Å². The number of hydrogen-bond donors (Lipinski definition) is 1.